The van der Waals surface area contributed by atoms with E-state index in [1.807, 2.05) is 13.0 Å². The number of nitrogens with zero attached hydrogens (tertiary/aromatic N) is 1. The SMILES string of the molecule is CCOc1cc(/C=C(/Cl)c2nc3sc(C(=O)OCCOC)c(C)c3c(=O)[nH]2)ccc1OC. The number of hydrogen-bond donors (Lipinski definition) is 1. The van der Waals surface area contributed by atoms with Gasteiger partial charge in [0, 0.05) is 7.11 Å². The van der Waals surface area contributed by atoms with Crippen molar-refractivity contribution in [3.05, 3.63) is 50.4 Å². The molecule has 170 valence electrons. The standard InChI is InChI=1S/C22H23ClN2O6S/c1-5-30-16-11-13(6-7-15(16)29-4)10-14(23)19-24-20(26)17-12(2)18(32-21(17)25-19)22(27)31-9-8-28-3/h6-7,10-11H,5,8-9H2,1-4H3,(H,24,25,26)/b14-10+. The van der Waals surface area contributed by atoms with Crippen LogP contribution in [0.5, 0.6) is 11.5 Å². The zero-order valence-electron chi connectivity index (χ0n) is 18.1. The molecule has 0 fully saturated rings. The normalized spacial score (nSPS) is 11.6. The van der Waals surface area contributed by atoms with Gasteiger partial charge in [-0.25, -0.2) is 9.78 Å². The van der Waals surface area contributed by atoms with Crippen molar-refractivity contribution >= 4 is 50.2 Å². The van der Waals surface area contributed by atoms with E-state index in [1.165, 1.54) is 7.11 Å². The summed E-state index contributed by atoms with van der Waals surface area (Å²) in [6.07, 6.45) is 1.66. The summed E-state index contributed by atoms with van der Waals surface area (Å²) in [5.41, 5.74) is 0.877. The highest BCUT2D eigenvalue weighted by Crippen LogP contribution is 2.31. The van der Waals surface area contributed by atoms with Crippen molar-refractivity contribution in [2.24, 2.45) is 0 Å². The average Bonchev–Trinajstić information content (AvgIpc) is 3.11. The number of rotatable bonds is 9. The number of nitrogens with one attached hydrogen (secondary N) is 1. The summed E-state index contributed by atoms with van der Waals surface area (Å²) in [4.78, 5) is 32.9. The summed E-state index contributed by atoms with van der Waals surface area (Å²) in [5.74, 6) is 0.855. The molecular weight excluding hydrogens is 456 g/mol. The van der Waals surface area contributed by atoms with E-state index in [-0.39, 0.29) is 29.6 Å². The van der Waals surface area contributed by atoms with Crippen molar-refractivity contribution in [3.63, 3.8) is 0 Å². The predicted molar refractivity (Wildman–Crippen MR) is 125 cm³/mol. The Balaban J connectivity index is 1.96. The van der Waals surface area contributed by atoms with Crippen LogP contribution in [-0.2, 0) is 9.47 Å². The molecule has 0 aliphatic carbocycles. The highest BCUT2D eigenvalue weighted by Gasteiger charge is 2.21. The third kappa shape index (κ3) is 5.12. The summed E-state index contributed by atoms with van der Waals surface area (Å²) in [6, 6.07) is 5.36. The number of carbonyl (C=O) groups excluding carboxylic acids is 1. The lowest BCUT2D eigenvalue weighted by Crippen LogP contribution is -2.11. The number of carbonyl (C=O) groups is 1. The number of fused-ring (bicyclic) bond motifs is 1. The fourth-order valence-electron chi connectivity index (χ4n) is 3.00. The number of aromatic nitrogens is 2. The number of ether oxygens (including phenoxy) is 4. The Morgan fingerprint density at radius 3 is 2.72 bits per heavy atom. The molecule has 0 atom stereocenters. The molecule has 0 saturated carbocycles. The molecule has 3 aromatic rings. The molecule has 0 unspecified atom stereocenters. The second kappa shape index (κ2) is 10.6. The van der Waals surface area contributed by atoms with Gasteiger partial charge >= 0.3 is 5.97 Å². The predicted octanol–water partition coefficient (Wildman–Crippen LogP) is 4.24. The van der Waals surface area contributed by atoms with Gasteiger partial charge in [0.25, 0.3) is 5.56 Å². The van der Waals surface area contributed by atoms with Gasteiger partial charge in [0.05, 0.1) is 30.7 Å². The van der Waals surface area contributed by atoms with Crippen LogP contribution in [0.2, 0.25) is 0 Å². The summed E-state index contributed by atoms with van der Waals surface area (Å²) >= 11 is 7.55. The average molecular weight is 479 g/mol. The van der Waals surface area contributed by atoms with Crippen molar-refractivity contribution < 1.29 is 23.7 Å². The Bertz CT molecular complexity index is 1220. The van der Waals surface area contributed by atoms with Crippen LogP contribution >= 0.6 is 22.9 Å². The van der Waals surface area contributed by atoms with Crippen LogP contribution in [0, 0.1) is 6.92 Å². The van der Waals surface area contributed by atoms with E-state index < -0.39 is 5.97 Å². The van der Waals surface area contributed by atoms with Crippen LogP contribution in [0.3, 0.4) is 0 Å². The third-order valence-corrected chi connectivity index (χ3v) is 5.97. The topological polar surface area (TPSA) is 99.7 Å². The Labute approximate surface area is 193 Å². The fraction of sp³-hybridized carbons (Fsp3) is 0.318. The number of methoxy groups -OCH3 is 2. The molecule has 1 N–H and O–H groups in total. The molecule has 8 nitrogen and oxygen atoms in total. The molecule has 0 amide bonds. The molecule has 0 saturated heterocycles. The first kappa shape index (κ1) is 23.8. The summed E-state index contributed by atoms with van der Waals surface area (Å²) < 4.78 is 20.9. The van der Waals surface area contributed by atoms with Crippen LogP contribution in [0.15, 0.2) is 23.0 Å². The molecule has 0 bridgehead atoms. The maximum atomic E-state index is 12.7. The molecule has 0 aliphatic heterocycles. The molecule has 2 heterocycles. The molecule has 1 aromatic carbocycles. The minimum atomic E-state index is -0.521. The number of aromatic amines is 1. The zero-order valence-corrected chi connectivity index (χ0v) is 19.7. The van der Waals surface area contributed by atoms with E-state index in [2.05, 4.69) is 9.97 Å². The number of benzene rings is 1. The molecule has 32 heavy (non-hydrogen) atoms. The molecule has 2 aromatic heterocycles. The van der Waals surface area contributed by atoms with E-state index in [4.69, 9.17) is 30.5 Å². The van der Waals surface area contributed by atoms with Gasteiger partial charge in [-0.05, 0) is 43.2 Å². The molecule has 0 spiro atoms. The van der Waals surface area contributed by atoms with Crippen LogP contribution < -0.4 is 15.0 Å². The largest absolute Gasteiger partial charge is 0.493 e. The van der Waals surface area contributed by atoms with Gasteiger partial charge in [0.2, 0.25) is 0 Å². The van der Waals surface area contributed by atoms with E-state index >= 15 is 0 Å². The lowest BCUT2D eigenvalue weighted by Gasteiger charge is -2.10. The van der Waals surface area contributed by atoms with E-state index in [0.717, 1.165) is 16.9 Å². The van der Waals surface area contributed by atoms with Crippen molar-refractivity contribution in [2.75, 3.05) is 34.0 Å². The maximum absolute atomic E-state index is 12.7. The maximum Gasteiger partial charge on any atom is 0.348 e. The van der Waals surface area contributed by atoms with Gasteiger partial charge in [0.15, 0.2) is 17.3 Å². The lowest BCUT2D eigenvalue weighted by atomic mass is 10.2. The van der Waals surface area contributed by atoms with Gasteiger partial charge in [-0.3, -0.25) is 4.79 Å². The lowest BCUT2D eigenvalue weighted by molar-refractivity contribution is 0.0393. The number of H-pyrrole nitrogens is 1. The Morgan fingerprint density at radius 2 is 2.03 bits per heavy atom. The highest BCUT2D eigenvalue weighted by molar-refractivity contribution is 7.20. The number of hydrogen-bond acceptors (Lipinski definition) is 8. The second-order valence-corrected chi connectivity index (χ2v) is 8.02. The molecule has 3 rings (SSSR count). The van der Waals surface area contributed by atoms with Crippen molar-refractivity contribution in [1.29, 1.82) is 0 Å². The summed E-state index contributed by atoms with van der Waals surface area (Å²) in [5, 5.41) is 0.567. The van der Waals surface area contributed by atoms with Gasteiger partial charge in [0.1, 0.15) is 16.3 Å². The minimum absolute atomic E-state index is 0.123. The second-order valence-electron chi connectivity index (χ2n) is 6.62. The third-order valence-electron chi connectivity index (χ3n) is 4.51. The smallest absolute Gasteiger partial charge is 0.348 e. The van der Waals surface area contributed by atoms with Crippen LogP contribution in [0.25, 0.3) is 21.3 Å². The monoisotopic (exact) mass is 478 g/mol. The van der Waals surface area contributed by atoms with E-state index in [9.17, 15) is 9.59 Å². The Kier molecular flexibility index (Phi) is 7.89. The van der Waals surface area contributed by atoms with Gasteiger partial charge in [-0.15, -0.1) is 11.3 Å². The molecule has 10 heteroatoms. The molecular formula is C22H23ClN2O6S. The number of halogens is 1. The van der Waals surface area contributed by atoms with Crippen molar-refractivity contribution in [3.8, 4) is 11.5 Å². The number of aryl methyl sites for hydroxylation is 1. The van der Waals surface area contributed by atoms with Crippen molar-refractivity contribution in [1.82, 2.24) is 9.97 Å². The summed E-state index contributed by atoms with van der Waals surface area (Å²) in [6.45, 7) is 4.46. The number of thiophene rings is 1. The van der Waals surface area contributed by atoms with Crippen LogP contribution in [-0.4, -0.2) is 50.0 Å². The Morgan fingerprint density at radius 1 is 1.25 bits per heavy atom. The first-order chi connectivity index (χ1) is 15.4. The van der Waals surface area contributed by atoms with E-state index in [1.54, 1.807) is 32.2 Å². The first-order valence-corrected chi connectivity index (χ1v) is 11.0. The van der Waals surface area contributed by atoms with Crippen LogP contribution in [0.1, 0.15) is 33.5 Å². The zero-order chi connectivity index (χ0) is 23.3. The number of esters is 1. The van der Waals surface area contributed by atoms with Gasteiger partial charge in [-0.2, -0.15) is 0 Å². The fourth-order valence-corrected chi connectivity index (χ4v) is 4.29. The van der Waals surface area contributed by atoms with Gasteiger partial charge < -0.3 is 23.9 Å². The first-order valence-electron chi connectivity index (χ1n) is 9.77. The highest BCUT2D eigenvalue weighted by atomic mass is 35.5. The Hall–Kier alpha value is -2.88. The molecule has 0 aliphatic rings. The van der Waals surface area contributed by atoms with Crippen molar-refractivity contribution in [2.45, 2.75) is 13.8 Å². The summed E-state index contributed by atoms with van der Waals surface area (Å²) in [7, 11) is 3.08. The minimum Gasteiger partial charge on any atom is -0.493 e. The molecule has 0 radical (unpaired) electrons. The van der Waals surface area contributed by atoms with Gasteiger partial charge in [-0.1, -0.05) is 17.7 Å². The van der Waals surface area contributed by atoms with Crippen LogP contribution in [0.4, 0.5) is 0 Å². The van der Waals surface area contributed by atoms with E-state index in [0.29, 0.717) is 38.8 Å². The quantitative estimate of drug-likeness (QED) is 0.362.